The van der Waals surface area contributed by atoms with Crippen molar-refractivity contribution in [2.75, 3.05) is 0 Å². The van der Waals surface area contributed by atoms with Crippen molar-refractivity contribution in [1.29, 1.82) is 0 Å². The van der Waals surface area contributed by atoms with Gasteiger partial charge in [-0.2, -0.15) is 29.8 Å². The Bertz CT molecular complexity index is 845. The van der Waals surface area contributed by atoms with Crippen molar-refractivity contribution in [3.8, 4) is 0 Å². The fraction of sp³-hybridized carbons (Fsp3) is 0.182. The molecule has 0 saturated heterocycles. The van der Waals surface area contributed by atoms with Gasteiger partial charge in [-0.1, -0.05) is 30.7 Å². The number of fused-ring (bicyclic) bond motifs is 2. The molecule has 2 aromatic rings. The van der Waals surface area contributed by atoms with Gasteiger partial charge in [0.25, 0.3) is 0 Å². The first-order valence-corrected chi connectivity index (χ1v) is 9.06. The van der Waals surface area contributed by atoms with E-state index in [1.165, 1.54) is 28.0 Å². The van der Waals surface area contributed by atoms with E-state index in [-0.39, 0.29) is 23.1 Å². The van der Waals surface area contributed by atoms with Crippen LogP contribution in [0, 0.1) is 6.08 Å². The number of aryl methyl sites for hydroxylation is 1. The summed E-state index contributed by atoms with van der Waals surface area (Å²) in [6.45, 7) is 0. The SMILES string of the molecule is S=C1NC2=C(CCc3ccccc32)C(C2=C[C-]=CC2)N1.[Fe+2].c1cc[cH-]c1. The summed E-state index contributed by atoms with van der Waals surface area (Å²) in [4.78, 5) is 0. The van der Waals surface area contributed by atoms with E-state index in [0.29, 0.717) is 0 Å². The first-order valence-electron chi connectivity index (χ1n) is 8.65. The Labute approximate surface area is 170 Å². The van der Waals surface area contributed by atoms with Crippen molar-refractivity contribution in [3.05, 3.63) is 95.1 Å². The van der Waals surface area contributed by atoms with Crippen LogP contribution in [-0.4, -0.2) is 11.2 Å². The summed E-state index contributed by atoms with van der Waals surface area (Å²) in [5.74, 6) is 0. The van der Waals surface area contributed by atoms with Crippen molar-refractivity contribution >= 4 is 23.0 Å². The molecule has 0 saturated carbocycles. The van der Waals surface area contributed by atoms with Gasteiger partial charge in [0.05, 0.1) is 0 Å². The van der Waals surface area contributed by atoms with Crippen LogP contribution in [0.25, 0.3) is 5.70 Å². The minimum atomic E-state index is 0. The fourth-order valence-electron chi connectivity index (χ4n) is 3.59. The monoisotopic (exact) mass is 400 g/mol. The van der Waals surface area contributed by atoms with E-state index < -0.39 is 0 Å². The smallest absolute Gasteiger partial charge is 0.368 e. The summed E-state index contributed by atoms with van der Waals surface area (Å²) in [5, 5.41) is 7.51. The molecule has 26 heavy (non-hydrogen) atoms. The number of hydrogen-bond acceptors (Lipinski definition) is 1. The van der Waals surface area contributed by atoms with Crippen LogP contribution < -0.4 is 10.6 Å². The standard InChI is InChI=1S/C17H15N2S.C5H5.Fe/c20-17-18-15(12-6-1-2-7-12)14-10-9-11-5-3-4-8-13(11)16(14)19-17;1-2-4-5-3-1;/h1,3-5,7-8,15H,6,9-10H2,(H2,18,19,20);1-5H;/q2*-1;+2. The van der Waals surface area contributed by atoms with Crippen LogP contribution in [-0.2, 0) is 23.5 Å². The minimum absolute atomic E-state index is 0. The predicted molar refractivity (Wildman–Crippen MR) is 107 cm³/mol. The van der Waals surface area contributed by atoms with Crippen LogP contribution in [0.5, 0.6) is 0 Å². The zero-order valence-corrected chi connectivity index (χ0v) is 16.2. The van der Waals surface area contributed by atoms with Crippen molar-refractivity contribution in [3.63, 3.8) is 0 Å². The molecule has 3 aliphatic rings. The second kappa shape index (κ2) is 8.59. The van der Waals surface area contributed by atoms with E-state index in [4.69, 9.17) is 12.2 Å². The molecule has 0 amide bonds. The van der Waals surface area contributed by atoms with E-state index in [1.54, 1.807) is 0 Å². The third-order valence-corrected chi connectivity index (χ3v) is 5.00. The molecule has 2 aliphatic carbocycles. The molecule has 1 aliphatic heterocycles. The number of nitrogens with one attached hydrogen (secondary N) is 2. The number of rotatable bonds is 1. The molecule has 0 spiro atoms. The van der Waals surface area contributed by atoms with Gasteiger partial charge in [0, 0.05) is 17.3 Å². The third-order valence-electron chi connectivity index (χ3n) is 4.78. The first-order chi connectivity index (χ1) is 12.3. The summed E-state index contributed by atoms with van der Waals surface area (Å²) in [7, 11) is 0. The molecule has 1 atom stereocenters. The fourth-order valence-corrected chi connectivity index (χ4v) is 3.81. The van der Waals surface area contributed by atoms with Crippen LogP contribution >= 0.6 is 12.2 Å². The van der Waals surface area contributed by atoms with Gasteiger partial charge in [0.15, 0.2) is 5.11 Å². The molecular weight excluding hydrogens is 380 g/mol. The first kappa shape index (κ1) is 18.8. The van der Waals surface area contributed by atoms with Gasteiger partial charge in [0.1, 0.15) is 0 Å². The third kappa shape index (κ3) is 3.88. The molecule has 2 nitrogen and oxygen atoms in total. The van der Waals surface area contributed by atoms with Crippen LogP contribution in [0.4, 0.5) is 0 Å². The Balaban J connectivity index is 0.000000285. The maximum atomic E-state index is 5.40. The van der Waals surface area contributed by atoms with Gasteiger partial charge < -0.3 is 10.6 Å². The number of hydrogen-bond donors (Lipinski definition) is 2. The van der Waals surface area contributed by atoms with Gasteiger partial charge in [-0.25, -0.2) is 18.2 Å². The Hall–Kier alpha value is -2.00. The summed E-state index contributed by atoms with van der Waals surface area (Å²) in [6.07, 6.45) is 10.5. The second-order valence-corrected chi connectivity index (χ2v) is 6.75. The topological polar surface area (TPSA) is 24.1 Å². The maximum Gasteiger partial charge on any atom is 2.00 e. The van der Waals surface area contributed by atoms with Crippen molar-refractivity contribution in [2.24, 2.45) is 0 Å². The van der Waals surface area contributed by atoms with Crippen LogP contribution in [0.1, 0.15) is 24.0 Å². The molecule has 0 bridgehead atoms. The molecule has 5 rings (SSSR count). The quantitative estimate of drug-likeness (QED) is 0.425. The average Bonchev–Trinajstić information content (AvgIpc) is 3.37. The van der Waals surface area contributed by atoms with Crippen molar-refractivity contribution < 1.29 is 17.1 Å². The van der Waals surface area contributed by atoms with Crippen molar-refractivity contribution in [1.82, 2.24) is 10.6 Å². The maximum absolute atomic E-state index is 5.40. The molecule has 1 unspecified atom stereocenters. The molecule has 1 heterocycles. The predicted octanol–water partition coefficient (Wildman–Crippen LogP) is 4.28. The van der Waals surface area contributed by atoms with Crippen LogP contribution in [0.3, 0.4) is 0 Å². The molecule has 0 fully saturated rings. The Kier molecular flexibility index (Phi) is 6.20. The Morgan fingerprint density at radius 3 is 2.58 bits per heavy atom. The van der Waals surface area contributed by atoms with E-state index in [2.05, 4.69) is 53.1 Å². The van der Waals surface area contributed by atoms with E-state index in [9.17, 15) is 0 Å². The Morgan fingerprint density at radius 2 is 1.88 bits per heavy atom. The van der Waals surface area contributed by atoms with E-state index in [0.717, 1.165) is 24.4 Å². The molecule has 0 aromatic heterocycles. The zero-order chi connectivity index (χ0) is 17.1. The zero-order valence-electron chi connectivity index (χ0n) is 14.3. The summed E-state index contributed by atoms with van der Waals surface area (Å²) in [5.41, 5.74) is 6.72. The van der Waals surface area contributed by atoms with Gasteiger partial charge in [-0.05, 0) is 36.2 Å². The van der Waals surface area contributed by atoms with Crippen LogP contribution in [0.2, 0.25) is 0 Å². The number of thiocarbonyl (C=S) groups is 1. The summed E-state index contributed by atoms with van der Waals surface area (Å²) >= 11 is 5.40. The van der Waals surface area contributed by atoms with Crippen molar-refractivity contribution in [2.45, 2.75) is 25.3 Å². The number of allylic oxidation sites excluding steroid dienone is 3. The van der Waals surface area contributed by atoms with Gasteiger partial charge >= 0.3 is 17.1 Å². The van der Waals surface area contributed by atoms with Gasteiger partial charge in [-0.3, -0.25) is 6.08 Å². The van der Waals surface area contributed by atoms with E-state index >= 15 is 0 Å². The molecule has 2 aromatic carbocycles. The molecule has 0 radical (unpaired) electrons. The van der Waals surface area contributed by atoms with Crippen LogP contribution in [0.15, 0.2) is 77.9 Å². The average molecular weight is 400 g/mol. The largest absolute Gasteiger partial charge is 2.00 e. The summed E-state index contributed by atoms with van der Waals surface area (Å²) < 4.78 is 0. The van der Waals surface area contributed by atoms with E-state index in [1.807, 2.05) is 30.3 Å². The van der Waals surface area contributed by atoms with Gasteiger partial charge in [-0.15, -0.1) is 0 Å². The number of benzene rings is 1. The molecular formula is C22H20FeN2S. The normalized spacial score (nSPS) is 19.8. The van der Waals surface area contributed by atoms with Gasteiger partial charge in [0.2, 0.25) is 0 Å². The second-order valence-electron chi connectivity index (χ2n) is 6.35. The summed E-state index contributed by atoms with van der Waals surface area (Å²) in [6, 6.07) is 18.8. The Morgan fingerprint density at radius 1 is 1.08 bits per heavy atom. The molecule has 4 heteroatoms. The molecule has 2 N–H and O–H groups in total. The minimum Gasteiger partial charge on any atom is -0.368 e. The molecule has 132 valence electrons.